The number of carbonyl (C=O) groups excluding carboxylic acids is 2. The number of hydrogen-bond acceptors (Lipinski definition) is 5. The molecule has 2 amide bonds. The normalized spacial score (nSPS) is 21.3. The van der Waals surface area contributed by atoms with Crippen molar-refractivity contribution in [2.45, 2.75) is 50.3 Å². The molecule has 1 atom stereocenters. The Morgan fingerprint density at radius 1 is 1.10 bits per heavy atom. The number of hydrogen-bond donors (Lipinski definition) is 1. The van der Waals surface area contributed by atoms with Crippen molar-refractivity contribution in [2.75, 3.05) is 33.3 Å². The van der Waals surface area contributed by atoms with E-state index in [0.717, 1.165) is 5.56 Å². The van der Waals surface area contributed by atoms with Crippen LogP contribution in [0.5, 0.6) is 5.75 Å². The molecule has 2 aliphatic rings. The summed E-state index contributed by atoms with van der Waals surface area (Å²) in [7, 11) is -2.34. The second-order valence-electron chi connectivity index (χ2n) is 8.77. The Morgan fingerprint density at radius 3 is 2.35 bits per heavy atom. The maximum absolute atomic E-state index is 13.5. The molecular formula is C22H33N3O5S. The molecule has 2 N–H and O–H groups in total. The Kier molecular flexibility index (Phi) is 7.26. The maximum atomic E-state index is 13.5. The van der Waals surface area contributed by atoms with Crippen LogP contribution in [0, 0.1) is 11.8 Å². The van der Waals surface area contributed by atoms with Crippen LogP contribution in [-0.2, 0) is 19.6 Å². The van der Waals surface area contributed by atoms with E-state index in [1.54, 1.807) is 17.0 Å². The minimum absolute atomic E-state index is 0.0364. The Morgan fingerprint density at radius 2 is 1.77 bits per heavy atom. The average Bonchev–Trinajstić information content (AvgIpc) is 2.78. The van der Waals surface area contributed by atoms with Gasteiger partial charge in [0, 0.05) is 32.1 Å². The van der Waals surface area contributed by atoms with Crippen LogP contribution in [0.25, 0.3) is 0 Å². The van der Waals surface area contributed by atoms with Gasteiger partial charge in [-0.2, -0.15) is 4.31 Å². The van der Waals surface area contributed by atoms with E-state index in [-0.39, 0.29) is 41.0 Å². The molecule has 3 rings (SSSR count). The van der Waals surface area contributed by atoms with Crippen LogP contribution < -0.4 is 10.5 Å². The van der Waals surface area contributed by atoms with Crippen molar-refractivity contribution in [1.29, 1.82) is 0 Å². The molecule has 2 aliphatic heterocycles. The number of sulfonamides is 1. The number of rotatable bonds is 6. The lowest BCUT2D eigenvalue weighted by Gasteiger charge is -2.37. The Hall–Kier alpha value is -2.13. The van der Waals surface area contributed by atoms with Crippen LogP contribution in [0.4, 0.5) is 0 Å². The zero-order valence-corrected chi connectivity index (χ0v) is 19.4. The third-order valence-electron chi connectivity index (χ3n) is 6.41. The minimum Gasteiger partial charge on any atom is -0.495 e. The number of nitrogens with zero attached hydrogens (tertiary/aromatic N) is 2. The van der Waals surface area contributed by atoms with Crippen molar-refractivity contribution in [2.24, 2.45) is 17.6 Å². The van der Waals surface area contributed by atoms with Gasteiger partial charge in [0.25, 0.3) is 0 Å². The van der Waals surface area contributed by atoms with Crippen LogP contribution in [0.2, 0.25) is 0 Å². The predicted molar refractivity (Wildman–Crippen MR) is 117 cm³/mol. The van der Waals surface area contributed by atoms with E-state index in [1.807, 2.05) is 19.9 Å². The molecule has 2 heterocycles. The number of carbonyl (C=O) groups is 2. The highest BCUT2D eigenvalue weighted by atomic mass is 32.2. The number of methoxy groups -OCH3 is 1. The Labute approximate surface area is 184 Å². The first kappa shape index (κ1) is 23.5. The molecule has 9 heteroatoms. The summed E-state index contributed by atoms with van der Waals surface area (Å²) in [6, 6.07) is 5.25. The molecule has 0 radical (unpaired) electrons. The van der Waals surface area contributed by atoms with Crippen molar-refractivity contribution in [3.05, 3.63) is 23.8 Å². The molecule has 1 aromatic rings. The van der Waals surface area contributed by atoms with Gasteiger partial charge in [0.15, 0.2) is 0 Å². The van der Waals surface area contributed by atoms with Gasteiger partial charge in [0.2, 0.25) is 21.8 Å². The predicted octanol–water partition coefficient (Wildman–Crippen LogP) is 1.94. The molecule has 172 valence electrons. The second kappa shape index (κ2) is 9.56. The number of benzene rings is 1. The van der Waals surface area contributed by atoms with E-state index in [1.165, 1.54) is 11.4 Å². The molecule has 2 fully saturated rings. The first-order valence-corrected chi connectivity index (χ1v) is 12.3. The molecule has 0 unspecified atom stereocenters. The number of piperidine rings is 2. The van der Waals surface area contributed by atoms with Gasteiger partial charge in [0.05, 0.1) is 13.0 Å². The van der Waals surface area contributed by atoms with Crippen molar-refractivity contribution >= 4 is 21.8 Å². The third-order valence-corrected chi connectivity index (χ3v) is 8.30. The van der Waals surface area contributed by atoms with Gasteiger partial charge >= 0.3 is 0 Å². The van der Waals surface area contributed by atoms with Crippen LogP contribution in [-0.4, -0.2) is 62.7 Å². The van der Waals surface area contributed by atoms with Crippen molar-refractivity contribution < 1.29 is 22.7 Å². The van der Waals surface area contributed by atoms with Gasteiger partial charge in [-0.1, -0.05) is 19.9 Å². The SMILES string of the molecule is COc1ccc(C(C)C)cc1S(=O)(=O)N1CCC[C@@H](C(=O)N2CCC(C(N)=O)CC2)C1. The Bertz CT molecular complexity index is 923. The first-order chi connectivity index (χ1) is 14.6. The largest absolute Gasteiger partial charge is 0.495 e. The van der Waals surface area contributed by atoms with Crippen LogP contribution in [0.15, 0.2) is 23.1 Å². The summed E-state index contributed by atoms with van der Waals surface area (Å²) in [4.78, 5) is 26.3. The highest BCUT2D eigenvalue weighted by molar-refractivity contribution is 7.89. The lowest BCUT2D eigenvalue weighted by atomic mass is 9.93. The fraction of sp³-hybridized carbons (Fsp3) is 0.636. The number of primary amides is 1. The zero-order valence-electron chi connectivity index (χ0n) is 18.5. The van der Waals surface area contributed by atoms with E-state index in [0.29, 0.717) is 51.1 Å². The van der Waals surface area contributed by atoms with E-state index in [9.17, 15) is 18.0 Å². The summed E-state index contributed by atoms with van der Waals surface area (Å²) in [6.07, 6.45) is 2.41. The van der Waals surface area contributed by atoms with E-state index in [2.05, 4.69) is 0 Å². The third kappa shape index (κ3) is 5.03. The van der Waals surface area contributed by atoms with Crippen molar-refractivity contribution in [3.63, 3.8) is 0 Å². The molecule has 1 aromatic carbocycles. The van der Waals surface area contributed by atoms with Gasteiger partial charge in [-0.25, -0.2) is 8.42 Å². The molecule has 0 aliphatic carbocycles. The fourth-order valence-electron chi connectivity index (χ4n) is 4.40. The van der Waals surface area contributed by atoms with Gasteiger partial charge in [-0.3, -0.25) is 9.59 Å². The second-order valence-corrected chi connectivity index (χ2v) is 10.7. The van der Waals surface area contributed by atoms with Gasteiger partial charge < -0.3 is 15.4 Å². The summed E-state index contributed by atoms with van der Waals surface area (Å²) < 4.78 is 33.7. The van der Waals surface area contributed by atoms with E-state index >= 15 is 0 Å². The summed E-state index contributed by atoms with van der Waals surface area (Å²) in [5.74, 6) is -0.434. The van der Waals surface area contributed by atoms with E-state index in [4.69, 9.17) is 10.5 Å². The van der Waals surface area contributed by atoms with Gasteiger partial charge in [-0.15, -0.1) is 0 Å². The molecule has 0 spiro atoms. The minimum atomic E-state index is -3.80. The number of nitrogens with two attached hydrogens (primary N) is 1. The topological polar surface area (TPSA) is 110 Å². The number of amides is 2. The molecule has 0 bridgehead atoms. The average molecular weight is 452 g/mol. The standard InChI is InChI=1S/C22H33N3O5S/c1-15(2)17-6-7-19(30-3)20(13-17)31(28,29)25-10-4-5-18(14-25)22(27)24-11-8-16(9-12-24)21(23)26/h6-7,13,15-16,18H,4-5,8-12,14H2,1-3H3,(H2,23,26)/t18-/m1/s1. The van der Waals surface area contributed by atoms with Crippen molar-refractivity contribution in [3.8, 4) is 5.75 Å². The van der Waals surface area contributed by atoms with E-state index < -0.39 is 10.0 Å². The monoisotopic (exact) mass is 451 g/mol. The lowest BCUT2D eigenvalue weighted by Crippen LogP contribution is -2.49. The van der Waals surface area contributed by atoms with Gasteiger partial charge in [-0.05, 0) is 49.3 Å². The summed E-state index contributed by atoms with van der Waals surface area (Å²) in [5, 5.41) is 0. The van der Waals surface area contributed by atoms with Crippen LogP contribution in [0.3, 0.4) is 0 Å². The summed E-state index contributed by atoms with van der Waals surface area (Å²) in [5.41, 5.74) is 6.30. The van der Waals surface area contributed by atoms with Gasteiger partial charge in [0.1, 0.15) is 10.6 Å². The first-order valence-electron chi connectivity index (χ1n) is 10.9. The highest BCUT2D eigenvalue weighted by Crippen LogP contribution is 2.33. The molecule has 0 aromatic heterocycles. The lowest BCUT2D eigenvalue weighted by molar-refractivity contribution is -0.139. The molecule has 31 heavy (non-hydrogen) atoms. The summed E-state index contributed by atoms with van der Waals surface area (Å²) in [6.45, 7) is 5.53. The molecule has 0 saturated carbocycles. The number of likely N-dealkylation sites (tertiary alicyclic amines) is 1. The smallest absolute Gasteiger partial charge is 0.246 e. The van der Waals surface area contributed by atoms with Crippen LogP contribution >= 0.6 is 0 Å². The molecular weight excluding hydrogens is 418 g/mol. The van der Waals surface area contributed by atoms with Crippen molar-refractivity contribution in [1.82, 2.24) is 9.21 Å². The zero-order chi connectivity index (χ0) is 22.8. The molecule has 8 nitrogen and oxygen atoms in total. The Balaban J connectivity index is 1.76. The molecule has 2 saturated heterocycles. The maximum Gasteiger partial charge on any atom is 0.246 e. The van der Waals surface area contributed by atoms with Crippen LogP contribution in [0.1, 0.15) is 51.0 Å². The highest BCUT2D eigenvalue weighted by Gasteiger charge is 2.37. The fourth-order valence-corrected chi connectivity index (χ4v) is 6.11. The summed E-state index contributed by atoms with van der Waals surface area (Å²) >= 11 is 0. The number of ether oxygens (including phenoxy) is 1. The quantitative estimate of drug-likeness (QED) is 0.711.